The molecule has 0 radical (unpaired) electrons. The van der Waals surface area contributed by atoms with Crippen LogP contribution >= 0.6 is 27.5 Å². The van der Waals surface area contributed by atoms with Crippen LogP contribution in [0.2, 0.25) is 5.02 Å². The van der Waals surface area contributed by atoms with E-state index in [0.29, 0.717) is 35.3 Å². The van der Waals surface area contributed by atoms with E-state index in [4.69, 9.17) is 21.1 Å². The lowest BCUT2D eigenvalue weighted by atomic mass is 10.0. The van der Waals surface area contributed by atoms with E-state index in [1.54, 1.807) is 6.07 Å². The summed E-state index contributed by atoms with van der Waals surface area (Å²) in [7, 11) is 0. The van der Waals surface area contributed by atoms with E-state index in [1.165, 1.54) is 0 Å². The molecule has 5 heteroatoms. The minimum absolute atomic E-state index is 0.511. The molecule has 2 aromatic carbocycles. The number of aliphatic hydroxyl groups is 1. The lowest BCUT2D eigenvalue weighted by molar-refractivity contribution is 0.219. The fourth-order valence-corrected chi connectivity index (χ4v) is 2.87. The smallest absolute Gasteiger partial charge is 0.161 e. The van der Waals surface area contributed by atoms with Crippen molar-refractivity contribution in [2.24, 2.45) is 0 Å². The third-order valence-corrected chi connectivity index (χ3v) is 4.67. The van der Waals surface area contributed by atoms with Crippen LogP contribution in [-0.4, -0.2) is 18.3 Å². The topological polar surface area (TPSA) is 38.7 Å². The van der Waals surface area contributed by atoms with E-state index in [-0.39, 0.29) is 0 Å². The van der Waals surface area contributed by atoms with Gasteiger partial charge >= 0.3 is 0 Å². The average Bonchev–Trinajstić information content (AvgIpc) is 2.74. The summed E-state index contributed by atoms with van der Waals surface area (Å²) in [6, 6.07) is 11.0. The molecule has 0 aliphatic carbocycles. The van der Waals surface area contributed by atoms with E-state index < -0.39 is 6.10 Å². The molecule has 0 bridgehead atoms. The van der Waals surface area contributed by atoms with Crippen LogP contribution in [0.3, 0.4) is 0 Å². The first-order valence-electron chi connectivity index (χ1n) is 6.68. The molecular formula is C16H14BrClO3. The first-order chi connectivity index (χ1) is 10.2. The zero-order valence-corrected chi connectivity index (χ0v) is 13.5. The Labute approximate surface area is 136 Å². The Hall–Kier alpha value is -1.23. The molecule has 2 aromatic rings. The SMILES string of the molecule is OC(c1ccc2c(c1)OCCCO2)c1cccc(Br)c1Cl. The quantitative estimate of drug-likeness (QED) is 0.855. The normalized spacial score (nSPS) is 15.4. The predicted molar refractivity (Wildman–Crippen MR) is 85.3 cm³/mol. The van der Waals surface area contributed by atoms with Crippen molar-refractivity contribution in [2.75, 3.05) is 13.2 Å². The molecule has 0 fully saturated rings. The zero-order valence-electron chi connectivity index (χ0n) is 11.2. The Morgan fingerprint density at radius 3 is 2.67 bits per heavy atom. The summed E-state index contributed by atoms with van der Waals surface area (Å²) >= 11 is 9.61. The second kappa shape index (κ2) is 6.26. The Morgan fingerprint density at radius 2 is 1.86 bits per heavy atom. The highest BCUT2D eigenvalue weighted by Crippen LogP contribution is 2.37. The molecule has 0 saturated carbocycles. The molecule has 3 nitrogen and oxygen atoms in total. The highest BCUT2D eigenvalue weighted by molar-refractivity contribution is 9.10. The van der Waals surface area contributed by atoms with Gasteiger partial charge in [-0.25, -0.2) is 0 Å². The molecule has 1 heterocycles. The summed E-state index contributed by atoms with van der Waals surface area (Å²) in [6.07, 6.45) is 0.0384. The van der Waals surface area contributed by atoms with E-state index in [2.05, 4.69) is 15.9 Å². The molecule has 0 aromatic heterocycles. The van der Waals surface area contributed by atoms with Gasteiger partial charge in [-0.3, -0.25) is 0 Å². The molecule has 110 valence electrons. The Balaban J connectivity index is 1.96. The Kier molecular flexibility index (Phi) is 4.38. The summed E-state index contributed by atoms with van der Waals surface area (Å²) in [5, 5.41) is 11.1. The van der Waals surface area contributed by atoms with Crippen molar-refractivity contribution in [1.82, 2.24) is 0 Å². The number of halogens is 2. The van der Waals surface area contributed by atoms with Crippen LogP contribution in [0, 0.1) is 0 Å². The average molecular weight is 370 g/mol. The fourth-order valence-electron chi connectivity index (χ4n) is 2.26. The summed E-state index contributed by atoms with van der Waals surface area (Å²) in [4.78, 5) is 0. The molecule has 1 aliphatic rings. The van der Waals surface area contributed by atoms with Crippen molar-refractivity contribution >= 4 is 27.5 Å². The van der Waals surface area contributed by atoms with Gasteiger partial charge in [0.05, 0.1) is 18.2 Å². The minimum Gasteiger partial charge on any atom is -0.490 e. The van der Waals surface area contributed by atoms with E-state index in [9.17, 15) is 5.11 Å². The fraction of sp³-hybridized carbons (Fsp3) is 0.250. The molecule has 1 atom stereocenters. The van der Waals surface area contributed by atoms with Crippen LogP contribution in [0.25, 0.3) is 0 Å². The van der Waals surface area contributed by atoms with Crippen molar-refractivity contribution < 1.29 is 14.6 Å². The molecule has 3 rings (SSSR count). The van der Waals surface area contributed by atoms with Crippen molar-refractivity contribution in [3.05, 3.63) is 57.0 Å². The van der Waals surface area contributed by atoms with E-state index in [0.717, 1.165) is 16.5 Å². The van der Waals surface area contributed by atoms with Gasteiger partial charge in [-0.15, -0.1) is 0 Å². The third kappa shape index (κ3) is 3.03. The largest absolute Gasteiger partial charge is 0.490 e. The maximum atomic E-state index is 10.6. The van der Waals surface area contributed by atoms with E-state index in [1.807, 2.05) is 30.3 Å². The lowest BCUT2D eigenvalue weighted by Gasteiger charge is -2.16. The van der Waals surface area contributed by atoms with Gasteiger partial charge in [-0.1, -0.05) is 29.8 Å². The van der Waals surface area contributed by atoms with Crippen LogP contribution in [0.15, 0.2) is 40.9 Å². The van der Waals surface area contributed by atoms with Crippen LogP contribution in [-0.2, 0) is 0 Å². The molecular weight excluding hydrogens is 356 g/mol. The number of benzene rings is 2. The Morgan fingerprint density at radius 1 is 1.10 bits per heavy atom. The summed E-state index contributed by atoms with van der Waals surface area (Å²) < 4.78 is 12.0. The molecule has 0 saturated heterocycles. The molecule has 21 heavy (non-hydrogen) atoms. The highest BCUT2D eigenvalue weighted by Gasteiger charge is 2.18. The van der Waals surface area contributed by atoms with Gasteiger partial charge in [-0.2, -0.15) is 0 Å². The first kappa shape index (κ1) is 14.7. The van der Waals surface area contributed by atoms with Crippen molar-refractivity contribution in [3.63, 3.8) is 0 Å². The van der Waals surface area contributed by atoms with Crippen molar-refractivity contribution in [2.45, 2.75) is 12.5 Å². The van der Waals surface area contributed by atoms with Gasteiger partial charge < -0.3 is 14.6 Å². The Bertz CT molecular complexity index is 660. The standard InChI is InChI=1S/C16H14BrClO3/c17-12-4-1-3-11(15(12)18)16(19)10-5-6-13-14(9-10)21-8-2-7-20-13/h1,3-6,9,16,19H,2,7-8H2. The lowest BCUT2D eigenvalue weighted by Crippen LogP contribution is -2.02. The second-order valence-corrected chi connectivity index (χ2v) is 6.03. The van der Waals surface area contributed by atoms with Gasteiger partial charge in [0.1, 0.15) is 6.10 Å². The second-order valence-electron chi connectivity index (χ2n) is 4.80. The van der Waals surface area contributed by atoms with Gasteiger partial charge in [0, 0.05) is 16.5 Å². The zero-order chi connectivity index (χ0) is 14.8. The minimum atomic E-state index is -0.813. The summed E-state index contributed by atoms with van der Waals surface area (Å²) in [5.74, 6) is 1.37. The van der Waals surface area contributed by atoms with Crippen molar-refractivity contribution in [1.29, 1.82) is 0 Å². The molecule has 0 amide bonds. The van der Waals surface area contributed by atoms with Gasteiger partial charge in [0.15, 0.2) is 11.5 Å². The number of rotatable bonds is 2. The third-order valence-electron chi connectivity index (χ3n) is 3.36. The number of hydrogen-bond donors (Lipinski definition) is 1. The van der Waals surface area contributed by atoms with Crippen LogP contribution in [0.4, 0.5) is 0 Å². The molecule has 0 spiro atoms. The summed E-state index contributed by atoms with van der Waals surface area (Å²) in [6.45, 7) is 1.26. The maximum absolute atomic E-state index is 10.6. The molecule has 1 N–H and O–H groups in total. The van der Waals surface area contributed by atoms with Gasteiger partial charge in [-0.05, 0) is 39.7 Å². The van der Waals surface area contributed by atoms with Gasteiger partial charge in [0.2, 0.25) is 0 Å². The number of fused-ring (bicyclic) bond motifs is 1. The summed E-state index contributed by atoms with van der Waals surface area (Å²) in [5.41, 5.74) is 1.37. The maximum Gasteiger partial charge on any atom is 0.161 e. The van der Waals surface area contributed by atoms with Gasteiger partial charge in [0.25, 0.3) is 0 Å². The van der Waals surface area contributed by atoms with Crippen molar-refractivity contribution in [3.8, 4) is 11.5 Å². The molecule has 1 aliphatic heterocycles. The first-order valence-corrected chi connectivity index (χ1v) is 7.85. The van der Waals surface area contributed by atoms with E-state index >= 15 is 0 Å². The number of aliphatic hydroxyl groups excluding tert-OH is 1. The highest BCUT2D eigenvalue weighted by atomic mass is 79.9. The monoisotopic (exact) mass is 368 g/mol. The number of ether oxygens (including phenoxy) is 2. The van der Waals surface area contributed by atoms with Crippen LogP contribution in [0.5, 0.6) is 11.5 Å². The predicted octanol–water partition coefficient (Wildman–Crippen LogP) is 4.35. The number of hydrogen-bond acceptors (Lipinski definition) is 3. The van der Waals surface area contributed by atoms with Crippen LogP contribution < -0.4 is 9.47 Å². The molecule has 1 unspecified atom stereocenters. The van der Waals surface area contributed by atoms with Crippen LogP contribution in [0.1, 0.15) is 23.7 Å².